The van der Waals surface area contributed by atoms with Crippen molar-refractivity contribution >= 4 is 17.4 Å². The smallest absolute Gasteiger partial charge is 0.232 e. The maximum atomic E-state index is 13.2. The number of phenols is 1. The first-order chi connectivity index (χ1) is 14.0. The van der Waals surface area contributed by atoms with Gasteiger partial charge in [-0.2, -0.15) is 0 Å². The zero-order chi connectivity index (χ0) is 20.5. The monoisotopic (exact) mass is 394 g/mol. The Hall–Kier alpha value is -3.35. The van der Waals surface area contributed by atoms with Gasteiger partial charge in [-0.05, 0) is 42.7 Å². The number of hydrogen-bond acceptors (Lipinski definition) is 6. The average molecular weight is 394 g/mol. The molecule has 1 unspecified atom stereocenters. The van der Waals surface area contributed by atoms with Crippen molar-refractivity contribution in [2.45, 2.75) is 31.6 Å². The van der Waals surface area contributed by atoms with Gasteiger partial charge in [0.25, 0.3) is 0 Å². The minimum Gasteiger partial charge on any atom is -0.502 e. The number of hydrogen-bond donors (Lipinski definition) is 1. The van der Waals surface area contributed by atoms with Gasteiger partial charge in [-0.3, -0.25) is 19.5 Å². The average Bonchev–Trinajstić information content (AvgIpc) is 2.74. The third kappa shape index (κ3) is 3.22. The zero-order valence-corrected chi connectivity index (χ0v) is 16.3. The Morgan fingerprint density at radius 1 is 1.14 bits per heavy atom. The molecule has 1 N–H and O–H groups in total. The van der Waals surface area contributed by atoms with E-state index >= 15 is 0 Å². The molecule has 2 aliphatic rings. The Morgan fingerprint density at radius 3 is 2.48 bits per heavy atom. The summed E-state index contributed by atoms with van der Waals surface area (Å²) >= 11 is 0. The van der Waals surface area contributed by atoms with Gasteiger partial charge in [-0.15, -0.1) is 0 Å². The number of nitrogens with zero attached hydrogens (tertiary/aromatic N) is 2. The highest BCUT2D eigenvalue weighted by molar-refractivity contribution is 6.07. The van der Waals surface area contributed by atoms with E-state index in [4.69, 9.17) is 9.47 Å². The minimum atomic E-state index is -0.415. The van der Waals surface area contributed by atoms with Crippen molar-refractivity contribution in [2.24, 2.45) is 0 Å². The first-order valence-electron chi connectivity index (χ1n) is 9.49. The number of aromatic hydroxyl groups is 1. The molecular weight excluding hydrogens is 372 g/mol. The highest BCUT2D eigenvalue weighted by Crippen LogP contribution is 2.46. The van der Waals surface area contributed by atoms with Crippen LogP contribution in [0.5, 0.6) is 17.2 Å². The van der Waals surface area contributed by atoms with E-state index in [1.807, 2.05) is 6.07 Å². The maximum absolute atomic E-state index is 13.2. The van der Waals surface area contributed by atoms with Gasteiger partial charge in [0.2, 0.25) is 11.7 Å². The number of methoxy groups -OCH3 is 2. The van der Waals surface area contributed by atoms with Gasteiger partial charge in [-0.25, -0.2) is 0 Å². The van der Waals surface area contributed by atoms with Crippen molar-refractivity contribution in [1.29, 1.82) is 0 Å². The number of rotatable bonds is 4. The summed E-state index contributed by atoms with van der Waals surface area (Å²) in [5.74, 6) is -0.0893. The van der Waals surface area contributed by atoms with Gasteiger partial charge in [0.15, 0.2) is 17.3 Å². The fourth-order valence-electron chi connectivity index (χ4n) is 4.18. The normalized spacial score (nSPS) is 19.2. The molecule has 1 aliphatic heterocycles. The Kier molecular flexibility index (Phi) is 4.96. The second-order valence-corrected chi connectivity index (χ2v) is 7.11. The van der Waals surface area contributed by atoms with Crippen LogP contribution in [-0.2, 0) is 9.59 Å². The van der Waals surface area contributed by atoms with E-state index in [1.165, 1.54) is 14.2 Å². The predicted molar refractivity (Wildman–Crippen MR) is 106 cm³/mol. The van der Waals surface area contributed by atoms with Gasteiger partial charge >= 0.3 is 0 Å². The van der Waals surface area contributed by atoms with Crippen LogP contribution in [0.25, 0.3) is 0 Å². The fraction of sp³-hybridized carbons (Fsp3) is 0.318. The number of aromatic nitrogens is 1. The molecule has 1 amide bonds. The molecule has 7 nitrogen and oxygen atoms in total. The maximum Gasteiger partial charge on any atom is 0.232 e. The molecular formula is C22H22N2O5. The lowest BCUT2D eigenvalue weighted by molar-refractivity contribution is -0.119. The molecule has 0 radical (unpaired) electrons. The number of carbonyl (C=O) groups is 2. The van der Waals surface area contributed by atoms with Crippen molar-refractivity contribution in [3.8, 4) is 17.2 Å². The molecule has 4 rings (SSSR count). The fourth-order valence-corrected chi connectivity index (χ4v) is 4.18. The molecule has 1 aromatic carbocycles. The van der Waals surface area contributed by atoms with Gasteiger partial charge < -0.3 is 14.6 Å². The number of pyridine rings is 1. The van der Waals surface area contributed by atoms with Crippen LogP contribution in [0, 0.1) is 0 Å². The molecule has 1 aromatic heterocycles. The summed E-state index contributed by atoms with van der Waals surface area (Å²) in [5.41, 5.74) is 2.76. The second-order valence-electron chi connectivity index (χ2n) is 7.11. The first-order valence-corrected chi connectivity index (χ1v) is 9.49. The quantitative estimate of drug-likeness (QED) is 0.856. The van der Waals surface area contributed by atoms with Crippen molar-refractivity contribution in [3.05, 3.63) is 53.5 Å². The number of Topliss-reactive ketones (excluding diaryl/α,β-unsaturated/α-hetero) is 1. The van der Waals surface area contributed by atoms with E-state index in [0.29, 0.717) is 36.1 Å². The lowest BCUT2D eigenvalue weighted by atomic mass is 9.77. The molecule has 0 spiro atoms. The molecule has 7 heteroatoms. The summed E-state index contributed by atoms with van der Waals surface area (Å²) in [6.07, 6.45) is 5.22. The van der Waals surface area contributed by atoms with Gasteiger partial charge in [-0.1, -0.05) is 0 Å². The Balaban J connectivity index is 1.88. The standard InChI is InChI=1S/C22H22N2O5/c1-28-18-9-13(10-19(29-2)22(18)27)15-11-20(26)24(14-5-4-8-23-12-14)16-6-3-7-17(25)21(15)16/h4-5,8-10,12,15,27H,3,6-7,11H2,1-2H3. The molecule has 0 bridgehead atoms. The number of phenolic OH excluding ortho intramolecular Hbond substituents is 1. The van der Waals surface area contributed by atoms with Crippen LogP contribution in [-0.4, -0.2) is 36.0 Å². The van der Waals surface area contributed by atoms with Crippen LogP contribution in [0.1, 0.15) is 37.2 Å². The lowest BCUT2D eigenvalue weighted by Gasteiger charge is -2.38. The van der Waals surface area contributed by atoms with Crippen molar-refractivity contribution in [2.75, 3.05) is 19.1 Å². The number of amides is 1. The van der Waals surface area contributed by atoms with E-state index in [0.717, 1.165) is 5.70 Å². The minimum absolute atomic E-state index is 0.0450. The second kappa shape index (κ2) is 7.58. The lowest BCUT2D eigenvalue weighted by Crippen LogP contribution is -2.40. The summed E-state index contributed by atoms with van der Waals surface area (Å²) in [4.78, 5) is 31.9. The molecule has 2 aromatic rings. The molecule has 0 saturated carbocycles. The van der Waals surface area contributed by atoms with Crippen LogP contribution in [0.2, 0.25) is 0 Å². The van der Waals surface area contributed by atoms with Crippen LogP contribution in [0.15, 0.2) is 47.9 Å². The van der Waals surface area contributed by atoms with Crippen LogP contribution >= 0.6 is 0 Å². The molecule has 29 heavy (non-hydrogen) atoms. The van der Waals surface area contributed by atoms with E-state index in [-0.39, 0.29) is 35.4 Å². The van der Waals surface area contributed by atoms with Gasteiger partial charge in [0.1, 0.15) is 0 Å². The number of ether oxygens (including phenoxy) is 2. The van der Waals surface area contributed by atoms with Crippen LogP contribution in [0.3, 0.4) is 0 Å². The predicted octanol–water partition coefficient (Wildman–Crippen LogP) is 3.33. The molecule has 1 aliphatic carbocycles. The highest BCUT2D eigenvalue weighted by Gasteiger charge is 2.40. The Morgan fingerprint density at radius 2 is 1.86 bits per heavy atom. The summed E-state index contributed by atoms with van der Waals surface area (Å²) in [7, 11) is 2.90. The number of carbonyl (C=O) groups excluding carboxylic acids is 2. The number of ketones is 1. The highest BCUT2D eigenvalue weighted by atomic mass is 16.5. The van der Waals surface area contributed by atoms with Gasteiger partial charge in [0, 0.05) is 36.2 Å². The topological polar surface area (TPSA) is 89.0 Å². The molecule has 0 fully saturated rings. The van der Waals surface area contributed by atoms with Crippen LogP contribution in [0.4, 0.5) is 5.69 Å². The first kappa shape index (κ1) is 19.0. The molecule has 150 valence electrons. The van der Waals surface area contributed by atoms with E-state index in [2.05, 4.69) is 4.98 Å². The van der Waals surface area contributed by atoms with E-state index < -0.39 is 5.92 Å². The van der Waals surface area contributed by atoms with Crippen molar-refractivity contribution in [1.82, 2.24) is 4.98 Å². The summed E-state index contributed by atoms with van der Waals surface area (Å²) < 4.78 is 10.5. The Labute approximate surface area is 168 Å². The van der Waals surface area contributed by atoms with Crippen molar-refractivity contribution < 1.29 is 24.2 Å². The number of allylic oxidation sites excluding steroid dienone is 2. The largest absolute Gasteiger partial charge is 0.502 e. The molecule has 0 saturated heterocycles. The Bertz CT molecular complexity index is 975. The number of anilines is 1. The van der Waals surface area contributed by atoms with E-state index in [1.54, 1.807) is 35.5 Å². The summed E-state index contributed by atoms with van der Waals surface area (Å²) in [5, 5.41) is 10.2. The number of benzene rings is 1. The SMILES string of the molecule is COc1cc(C2CC(=O)N(c3cccnc3)C3=C2C(=O)CCC3)cc(OC)c1O. The zero-order valence-electron chi connectivity index (χ0n) is 16.3. The summed E-state index contributed by atoms with van der Waals surface area (Å²) in [6, 6.07) is 6.93. The third-order valence-electron chi connectivity index (χ3n) is 5.48. The van der Waals surface area contributed by atoms with Gasteiger partial charge in [0.05, 0.1) is 26.1 Å². The third-order valence-corrected chi connectivity index (χ3v) is 5.48. The van der Waals surface area contributed by atoms with Crippen molar-refractivity contribution in [3.63, 3.8) is 0 Å². The summed E-state index contributed by atoms with van der Waals surface area (Å²) in [6.45, 7) is 0. The molecule has 1 atom stereocenters. The van der Waals surface area contributed by atoms with E-state index in [9.17, 15) is 14.7 Å². The van der Waals surface area contributed by atoms with Crippen LogP contribution < -0.4 is 14.4 Å². The molecule has 2 heterocycles.